The van der Waals surface area contributed by atoms with Crippen molar-refractivity contribution in [3.05, 3.63) is 11.3 Å². The van der Waals surface area contributed by atoms with Crippen molar-refractivity contribution in [2.24, 2.45) is 7.05 Å². The summed E-state index contributed by atoms with van der Waals surface area (Å²) < 4.78 is 44.0. The highest BCUT2D eigenvalue weighted by molar-refractivity contribution is 5.38. The predicted octanol–water partition coefficient (Wildman–Crippen LogP) is 1.64. The first kappa shape index (κ1) is 11.3. The SMILES string of the molecule is C[C@@H]1CC(O)Oc2c1c(C(F)(F)F)nn2C. The maximum absolute atomic E-state index is 12.7. The molecule has 2 rings (SSSR count). The summed E-state index contributed by atoms with van der Waals surface area (Å²) >= 11 is 0. The van der Waals surface area contributed by atoms with Gasteiger partial charge in [-0.05, 0) is 5.92 Å². The van der Waals surface area contributed by atoms with Crippen LogP contribution in [-0.4, -0.2) is 21.2 Å². The number of aryl methyl sites for hydroxylation is 1. The molecule has 0 aliphatic carbocycles. The number of rotatable bonds is 0. The summed E-state index contributed by atoms with van der Waals surface area (Å²) in [6.45, 7) is 1.61. The lowest BCUT2D eigenvalue weighted by atomic mass is 9.95. The van der Waals surface area contributed by atoms with Gasteiger partial charge in [-0.1, -0.05) is 6.92 Å². The van der Waals surface area contributed by atoms with Gasteiger partial charge in [0.1, 0.15) is 0 Å². The van der Waals surface area contributed by atoms with Gasteiger partial charge in [-0.2, -0.15) is 18.3 Å². The minimum Gasteiger partial charge on any atom is -0.448 e. The second-order valence-corrected chi connectivity index (χ2v) is 3.90. The molecule has 0 spiro atoms. The van der Waals surface area contributed by atoms with Gasteiger partial charge in [-0.25, -0.2) is 4.68 Å². The molecule has 2 heterocycles. The zero-order valence-corrected chi connectivity index (χ0v) is 8.75. The Morgan fingerprint density at radius 1 is 1.50 bits per heavy atom. The van der Waals surface area contributed by atoms with Crippen molar-refractivity contribution >= 4 is 0 Å². The van der Waals surface area contributed by atoms with Gasteiger partial charge in [0.25, 0.3) is 0 Å². The summed E-state index contributed by atoms with van der Waals surface area (Å²) in [6.07, 6.45) is -5.42. The van der Waals surface area contributed by atoms with Crippen molar-refractivity contribution in [1.82, 2.24) is 9.78 Å². The molecule has 7 heteroatoms. The molecule has 0 saturated heterocycles. The van der Waals surface area contributed by atoms with Crippen LogP contribution in [0.25, 0.3) is 0 Å². The van der Waals surface area contributed by atoms with Gasteiger partial charge in [-0.15, -0.1) is 0 Å². The molecule has 0 amide bonds. The van der Waals surface area contributed by atoms with Gasteiger partial charge in [0.2, 0.25) is 5.88 Å². The second kappa shape index (κ2) is 3.38. The Labute approximate surface area is 89.6 Å². The van der Waals surface area contributed by atoms with E-state index in [9.17, 15) is 18.3 Å². The molecule has 1 aliphatic heterocycles. The molecule has 1 aromatic rings. The maximum Gasteiger partial charge on any atom is 0.435 e. The minimum atomic E-state index is -4.49. The smallest absolute Gasteiger partial charge is 0.435 e. The molecule has 0 saturated carbocycles. The number of halogens is 3. The van der Waals surface area contributed by atoms with E-state index in [1.54, 1.807) is 6.92 Å². The van der Waals surface area contributed by atoms with E-state index in [1.807, 2.05) is 0 Å². The molecular weight excluding hydrogens is 225 g/mol. The Kier molecular flexibility index (Phi) is 2.37. The summed E-state index contributed by atoms with van der Waals surface area (Å²) in [5, 5.41) is 12.7. The van der Waals surface area contributed by atoms with Crippen LogP contribution < -0.4 is 4.74 Å². The molecule has 1 N–H and O–H groups in total. The lowest BCUT2D eigenvalue weighted by molar-refractivity contribution is -0.142. The van der Waals surface area contributed by atoms with E-state index < -0.39 is 24.1 Å². The third kappa shape index (κ3) is 1.64. The van der Waals surface area contributed by atoms with Crippen LogP contribution in [0.5, 0.6) is 5.88 Å². The quantitative estimate of drug-likeness (QED) is 0.745. The van der Waals surface area contributed by atoms with E-state index in [0.717, 1.165) is 4.68 Å². The zero-order valence-electron chi connectivity index (χ0n) is 8.75. The minimum absolute atomic E-state index is 0.00132. The van der Waals surface area contributed by atoms with Crippen molar-refractivity contribution in [3.8, 4) is 5.88 Å². The fourth-order valence-electron chi connectivity index (χ4n) is 1.92. The number of aromatic nitrogens is 2. The highest BCUT2D eigenvalue weighted by Gasteiger charge is 2.43. The lowest BCUT2D eigenvalue weighted by Crippen LogP contribution is -2.25. The third-order valence-corrected chi connectivity index (χ3v) is 2.59. The number of aliphatic hydroxyl groups is 1. The number of fused-ring (bicyclic) bond motifs is 1. The maximum atomic E-state index is 12.7. The summed E-state index contributed by atoms with van der Waals surface area (Å²) in [5.74, 6) is -0.428. The molecule has 90 valence electrons. The van der Waals surface area contributed by atoms with Crippen molar-refractivity contribution in [3.63, 3.8) is 0 Å². The molecular formula is C9H11F3N2O2. The molecule has 0 fully saturated rings. The zero-order chi connectivity index (χ0) is 12.1. The summed E-state index contributed by atoms with van der Waals surface area (Å²) in [4.78, 5) is 0. The van der Waals surface area contributed by atoms with E-state index in [2.05, 4.69) is 5.10 Å². The van der Waals surface area contributed by atoms with Crippen molar-refractivity contribution in [1.29, 1.82) is 0 Å². The largest absolute Gasteiger partial charge is 0.448 e. The Morgan fingerprint density at radius 2 is 2.12 bits per heavy atom. The molecule has 1 aliphatic rings. The van der Waals surface area contributed by atoms with Crippen LogP contribution in [0.2, 0.25) is 0 Å². The van der Waals surface area contributed by atoms with Gasteiger partial charge >= 0.3 is 6.18 Å². The Bertz CT molecular complexity index is 414. The topological polar surface area (TPSA) is 47.3 Å². The number of hydrogen-bond donors (Lipinski definition) is 1. The first-order chi connectivity index (χ1) is 7.30. The van der Waals surface area contributed by atoms with Crippen LogP contribution in [0.1, 0.15) is 30.5 Å². The molecule has 0 bridgehead atoms. The van der Waals surface area contributed by atoms with E-state index in [0.29, 0.717) is 0 Å². The molecule has 4 nitrogen and oxygen atoms in total. The standard InChI is InChI=1S/C9H11F3N2O2/c1-4-3-5(15)16-8-6(4)7(9(10,11)12)13-14(8)2/h4-5,15H,3H2,1-2H3/t4-,5?/m1/s1. The first-order valence-electron chi connectivity index (χ1n) is 4.79. The molecule has 1 aromatic heterocycles. The van der Waals surface area contributed by atoms with Crippen LogP contribution >= 0.6 is 0 Å². The Hall–Kier alpha value is -1.24. The van der Waals surface area contributed by atoms with E-state index in [-0.39, 0.29) is 17.9 Å². The summed E-state index contributed by atoms with van der Waals surface area (Å²) in [5.41, 5.74) is -0.898. The third-order valence-electron chi connectivity index (χ3n) is 2.59. The molecule has 0 radical (unpaired) electrons. The predicted molar refractivity (Wildman–Crippen MR) is 47.9 cm³/mol. The fraction of sp³-hybridized carbons (Fsp3) is 0.667. The van der Waals surface area contributed by atoms with Crippen molar-refractivity contribution in [2.45, 2.75) is 31.7 Å². The number of aliphatic hydroxyl groups excluding tert-OH is 1. The Balaban J connectivity index is 2.56. The average molecular weight is 236 g/mol. The van der Waals surface area contributed by atoms with Crippen molar-refractivity contribution < 1.29 is 23.0 Å². The van der Waals surface area contributed by atoms with Crippen molar-refractivity contribution in [2.75, 3.05) is 0 Å². The average Bonchev–Trinajstić information content (AvgIpc) is 2.43. The van der Waals surface area contributed by atoms with E-state index >= 15 is 0 Å². The first-order valence-corrected chi connectivity index (χ1v) is 4.79. The Morgan fingerprint density at radius 3 is 2.69 bits per heavy atom. The monoisotopic (exact) mass is 236 g/mol. The molecule has 1 unspecified atom stereocenters. The number of alkyl halides is 3. The highest BCUT2D eigenvalue weighted by Crippen LogP contribution is 2.43. The van der Waals surface area contributed by atoms with Crippen LogP contribution in [0.3, 0.4) is 0 Å². The van der Waals surface area contributed by atoms with Gasteiger partial charge < -0.3 is 9.84 Å². The fourth-order valence-corrected chi connectivity index (χ4v) is 1.92. The second-order valence-electron chi connectivity index (χ2n) is 3.90. The van der Waals surface area contributed by atoms with Crippen LogP contribution in [-0.2, 0) is 13.2 Å². The summed E-state index contributed by atoms with van der Waals surface area (Å²) in [6, 6.07) is 0. The van der Waals surface area contributed by atoms with E-state index in [1.165, 1.54) is 7.05 Å². The highest BCUT2D eigenvalue weighted by atomic mass is 19.4. The van der Waals surface area contributed by atoms with Crippen LogP contribution in [0.15, 0.2) is 0 Å². The number of nitrogens with zero attached hydrogens (tertiary/aromatic N) is 2. The molecule has 2 atom stereocenters. The number of hydrogen-bond acceptors (Lipinski definition) is 3. The summed E-state index contributed by atoms with van der Waals surface area (Å²) in [7, 11) is 1.36. The molecule has 16 heavy (non-hydrogen) atoms. The van der Waals surface area contributed by atoms with Gasteiger partial charge in [0.15, 0.2) is 12.0 Å². The van der Waals surface area contributed by atoms with Crippen LogP contribution in [0, 0.1) is 0 Å². The van der Waals surface area contributed by atoms with Gasteiger partial charge in [0, 0.05) is 19.0 Å². The number of ether oxygens (including phenoxy) is 1. The van der Waals surface area contributed by atoms with Gasteiger partial charge in [0.05, 0.1) is 0 Å². The molecule has 0 aromatic carbocycles. The lowest BCUT2D eigenvalue weighted by Gasteiger charge is -2.25. The normalized spacial score (nSPS) is 25.1. The van der Waals surface area contributed by atoms with Gasteiger partial charge in [-0.3, -0.25) is 0 Å². The van der Waals surface area contributed by atoms with E-state index in [4.69, 9.17) is 4.74 Å². The van der Waals surface area contributed by atoms with Crippen LogP contribution in [0.4, 0.5) is 13.2 Å².